The fourth-order valence-corrected chi connectivity index (χ4v) is 4.19. The molecule has 2 N–H and O–H groups in total. The Bertz CT molecular complexity index is 910. The number of allylic oxidation sites excluding steroid dienone is 1. The molecule has 0 spiro atoms. The van der Waals surface area contributed by atoms with Crippen LogP contribution in [-0.2, 0) is 4.79 Å². The maximum Gasteiger partial charge on any atom is 0.159 e. The molecule has 0 aromatic heterocycles. The van der Waals surface area contributed by atoms with Gasteiger partial charge in [0.25, 0.3) is 0 Å². The summed E-state index contributed by atoms with van der Waals surface area (Å²) >= 11 is 24.8. The number of Topliss-reactive ketones (excluding diaryl/α,β-unsaturated/α-hetero) is 1. The number of hydrogen-bond acceptors (Lipinski definition) is 3. The van der Waals surface area contributed by atoms with Gasteiger partial charge in [-0.2, -0.15) is 0 Å². The van der Waals surface area contributed by atoms with Crippen LogP contribution in [0.2, 0.25) is 20.1 Å². The van der Waals surface area contributed by atoms with Gasteiger partial charge in [0.1, 0.15) is 6.17 Å². The van der Waals surface area contributed by atoms with Gasteiger partial charge in [-0.1, -0.05) is 58.5 Å². The first-order chi connectivity index (χ1) is 12.3. The highest BCUT2D eigenvalue weighted by molar-refractivity contribution is 6.35. The van der Waals surface area contributed by atoms with Crippen LogP contribution in [0.25, 0.3) is 0 Å². The van der Waals surface area contributed by atoms with Gasteiger partial charge in [-0.05, 0) is 43.7 Å². The van der Waals surface area contributed by atoms with Gasteiger partial charge in [0, 0.05) is 36.9 Å². The number of benzene rings is 2. The van der Waals surface area contributed by atoms with Crippen LogP contribution in [0.1, 0.15) is 37.2 Å². The summed E-state index contributed by atoms with van der Waals surface area (Å²) in [5.74, 6) is -0.0424. The third kappa shape index (κ3) is 3.88. The molecule has 0 saturated heterocycles. The van der Waals surface area contributed by atoms with E-state index in [1.165, 1.54) is 6.92 Å². The monoisotopic (exact) mass is 428 g/mol. The summed E-state index contributed by atoms with van der Waals surface area (Å²) in [6, 6.07) is 10.2. The zero-order valence-electron chi connectivity index (χ0n) is 14.0. The van der Waals surface area contributed by atoms with Crippen molar-refractivity contribution in [3.8, 4) is 0 Å². The second-order valence-electron chi connectivity index (χ2n) is 6.10. The molecule has 2 atom stereocenters. The highest BCUT2D eigenvalue weighted by Crippen LogP contribution is 2.37. The van der Waals surface area contributed by atoms with Gasteiger partial charge >= 0.3 is 0 Å². The van der Waals surface area contributed by atoms with Crippen LogP contribution in [0.4, 0.5) is 0 Å². The number of carbonyl (C=O) groups is 1. The Kier molecular flexibility index (Phi) is 5.85. The molecule has 0 unspecified atom stereocenters. The number of nitrogens with one attached hydrogen (secondary N) is 2. The molecule has 2 aromatic carbocycles. The first-order valence-corrected chi connectivity index (χ1v) is 9.43. The van der Waals surface area contributed by atoms with Crippen molar-refractivity contribution in [2.24, 2.45) is 0 Å². The smallest absolute Gasteiger partial charge is 0.159 e. The molecular formula is C19H16Cl4N2O. The first kappa shape index (κ1) is 19.5. The van der Waals surface area contributed by atoms with Crippen LogP contribution in [0.5, 0.6) is 0 Å². The van der Waals surface area contributed by atoms with E-state index >= 15 is 0 Å². The molecule has 0 fully saturated rings. The zero-order valence-corrected chi connectivity index (χ0v) is 17.1. The fraction of sp³-hybridized carbons (Fsp3) is 0.211. The molecule has 26 heavy (non-hydrogen) atoms. The predicted molar refractivity (Wildman–Crippen MR) is 108 cm³/mol. The van der Waals surface area contributed by atoms with Crippen LogP contribution in [0.3, 0.4) is 0 Å². The minimum atomic E-state index is -0.393. The first-order valence-electron chi connectivity index (χ1n) is 7.92. The van der Waals surface area contributed by atoms with Gasteiger partial charge in [0.15, 0.2) is 5.78 Å². The molecule has 0 saturated carbocycles. The van der Waals surface area contributed by atoms with Crippen molar-refractivity contribution in [2.75, 3.05) is 0 Å². The maximum atomic E-state index is 12.3. The van der Waals surface area contributed by atoms with E-state index < -0.39 is 6.04 Å². The molecule has 3 rings (SSSR count). The summed E-state index contributed by atoms with van der Waals surface area (Å²) in [4.78, 5) is 12.3. The molecule has 0 bridgehead atoms. The number of hydrogen-bond donors (Lipinski definition) is 2. The second-order valence-corrected chi connectivity index (χ2v) is 7.79. The van der Waals surface area contributed by atoms with Gasteiger partial charge in [0.05, 0.1) is 6.04 Å². The van der Waals surface area contributed by atoms with Gasteiger partial charge in [-0.15, -0.1) is 0 Å². The third-order valence-corrected chi connectivity index (χ3v) is 5.44. The fourth-order valence-electron chi connectivity index (χ4n) is 3.15. The number of carbonyl (C=O) groups excluding carboxylic acids is 1. The van der Waals surface area contributed by atoms with Crippen LogP contribution in [0, 0.1) is 0 Å². The average molecular weight is 430 g/mol. The Hall–Kier alpha value is -1.23. The molecular weight excluding hydrogens is 414 g/mol. The summed E-state index contributed by atoms with van der Waals surface area (Å²) in [7, 11) is 0. The van der Waals surface area contributed by atoms with E-state index in [0.29, 0.717) is 25.7 Å². The molecule has 0 amide bonds. The minimum absolute atomic E-state index is 0.0424. The molecule has 136 valence electrons. The number of halogens is 4. The summed E-state index contributed by atoms with van der Waals surface area (Å²) in [5, 5.41) is 8.85. The quantitative estimate of drug-likeness (QED) is 0.619. The van der Waals surface area contributed by atoms with Gasteiger partial charge < -0.3 is 5.32 Å². The lowest BCUT2D eigenvalue weighted by molar-refractivity contribution is -0.114. The molecule has 7 heteroatoms. The Morgan fingerprint density at radius 3 is 1.96 bits per heavy atom. The standard InChI is InChI=1S/C19H16Cl4N2O/c1-9-17(10(2)26)18(13-5-3-11(20)7-15(13)22)25-19(24-9)14-6-4-12(21)8-16(14)23/h3-8,18-19,24-25H,1-2H3/t18-,19+/m1/s1. The van der Waals surface area contributed by atoms with E-state index in [1.807, 2.05) is 19.1 Å². The maximum absolute atomic E-state index is 12.3. The van der Waals surface area contributed by atoms with Crippen molar-refractivity contribution < 1.29 is 4.79 Å². The molecule has 3 nitrogen and oxygen atoms in total. The third-order valence-electron chi connectivity index (χ3n) is 4.31. The number of ketones is 1. The summed E-state index contributed by atoms with van der Waals surface area (Å²) in [5.41, 5.74) is 2.99. The van der Waals surface area contributed by atoms with E-state index in [4.69, 9.17) is 46.4 Å². The van der Waals surface area contributed by atoms with Crippen molar-refractivity contribution >= 4 is 52.2 Å². The van der Waals surface area contributed by atoms with Gasteiger partial charge in [-0.25, -0.2) is 0 Å². The molecule has 2 aromatic rings. The van der Waals surface area contributed by atoms with E-state index in [9.17, 15) is 4.79 Å². The van der Waals surface area contributed by atoms with Crippen molar-refractivity contribution in [2.45, 2.75) is 26.1 Å². The zero-order chi connectivity index (χ0) is 19.0. The Morgan fingerprint density at radius 2 is 1.46 bits per heavy atom. The largest absolute Gasteiger partial charge is 0.369 e. The highest BCUT2D eigenvalue weighted by atomic mass is 35.5. The summed E-state index contributed by atoms with van der Waals surface area (Å²) in [6.07, 6.45) is -0.306. The minimum Gasteiger partial charge on any atom is -0.369 e. The Labute approximate surface area is 172 Å². The van der Waals surface area contributed by atoms with Crippen LogP contribution in [-0.4, -0.2) is 5.78 Å². The van der Waals surface area contributed by atoms with Crippen LogP contribution >= 0.6 is 46.4 Å². The van der Waals surface area contributed by atoms with Crippen molar-refractivity contribution in [1.82, 2.24) is 10.6 Å². The summed E-state index contributed by atoms with van der Waals surface area (Å²) < 4.78 is 0. The molecule has 0 radical (unpaired) electrons. The molecule has 1 heterocycles. The average Bonchev–Trinajstić information content (AvgIpc) is 2.53. The predicted octanol–water partition coefficient (Wildman–Crippen LogP) is 6.10. The lowest BCUT2D eigenvalue weighted by Crippen LogP contribution is -2.43. The van der Waals surface area contributed by atoms with Crippen molar-refractivity contribution in [3.05, 3.63) is 78.9 Å². The van der Waals surface area contributed by atoms with Gasteiger partial charge in [-0.3, -0.25) is 10.1 Å². The van der Waals surface area contributed by atoms with E-state index in [2.05, 4.69) is 10.6 Å². The van der Waals surface area contributed by atoms with Crippen LogP contribution in [0.15, 0.2) is 47.7 Å². The molecule has 0 aliphatic carbocycles. The Balaban J connectivity index is 2.08. The lowest BCUT2D eigenvalue weighted by Gasteiger charge is -2.36. The highest BCUT2D eigenvalue weighted by Gasteiger charge is 2.32. The number of rotatable bonds is 3. The lowest BCUT2D eigenvalue weighted by atomic mass is 9.91. The molecule has 1 aliphatic heterocycles. The molecule has 1 aliphatic rings. The van der Waals surface area contributed by atoms with Crippen LogP contribution < -0.4 is 10.6 Å². The summed E-state index contributed by atoms with van der Waals surface area (Å²) in [6.45, 7) is 3.40. The topological polar surface area (TPSA) is 41.1 Å². The van der Waals surface area contributed by atoms with E-state index in [1.54, 1.807) is 24.3 Å². The van der Waals surface area contributed by atoms with Gasteiger partial charge in [0.2, 0.25) is 0 Å². The van der Waals surface area contributed by atoms with E-state index in [-0.39, 0.29) is 11.9 Å². The van der Waals surface area contributed by atoms with Crippen molar-refractivity contribution in [3.63, 3.8) is 0 Å². The SMILES string of the molecule is CC(=O)C1=C(C)N[C@H](c2ccc(Cl)cc2Cl)N[C@@H]1c1ccc(Cl)cc1Cl. The second kappa shape index (κ2) is 7.79. The van der Waals surface area contributed by atoms with E-state index in [0.717, 1.165) is 16.8 Å². The Morgan fingerprint density at radius 1 is 0.923 bits per heavy atom. The normalized spacial score (nSPS) is 20.1. The van der Waals surface area contributed by atoms with Crippen molar-refractivity contribution in [1.29, 1.82) is 0 Å².